The summed E-state index contributed by atoms with van der Waals surface area (Å²) in [7, 11) is -3.41. The largest absolute Gasteiger partial charge is 0.241 e. The van der Waals surface area contributed by atoms with E-state index in [1.807, 2.05) is 26.0 Å². The van der Waals surface area contributed by atoms with Gasteiger partial charge in [-0.3, -0.25) is 0 Å². The standard InChI is InChI=1S/C14H20BrNO2S/c1-10(2)16-19(17,18)14-6-4-3-5-12(14)9-13(15)11-7-8-11/h3-6,10-11,13,16H,7-9H2,1-2H3. The molecule has 3 nitrogen and oxygen atoms in total. The molecule has 0 spiro atoms. The zero-order valence-corrected chi connectivity index (χ0v) is 13.7. The number of hydrogen-bond acceptors (Lipinski definition) is 2. The third-order valence-corrected chi connectivity index (χ3v) is 6.03. The molecule has 5 heteroatoms. The lowest BCUT2D eigenvalue weighted by Gasteiger charge is -2.15. The third-order valence-electron chi connectivity index (χ3n) is 3.20. The van der Waals surface area contributed by atoms with Gasteiger partial charge in [0.25, 0.3) is 0 Å². The average molecular weight is 346 g/mol. The van der Waals surface area contributed by atoms with Gasteiger partial charge in [0.15, 0.2) is 0 Å². The van der Waals surface area contributed by atoms with Crippen molar-refractivity contribution >= 4 is 26.0 Å². The van der Waals surface area contributed by atoms with Crippen LogP contribution in [-0.4, -0.2) is 19.3 Å². The summed E-state index contributed by atoms with van der Waals surface area (Å²) in [4.78, 5) is 0.789. The Bertz CT molecular complexity index is 538. The maximum Gasteiger partial charge on any atom is 0.241 e. The van der Waals surface area contributed by atoms with Crippen molar-refractivity contribution in [1.82, 2.24) is 4.72 Å². The van der Waals surface area contributed by atoms with Crippen LogP contribution < -0.4 is 4.72 Å². The van der Waals surface area contributed by atoms with E-state index in [0.717, 1.165) is 12.0 Å². The molecule has 0 radical (unpaired) electrons. The zero-order valence-electron chi connectivity index (χ0n) is 11.3. The summed E-state index contributed by atoms with van der Waals surface area (Å²) >= 11 is 3.68. The minimum Gasteiger partial charge on any atom is -0.209 e. The molecular formula is C14H20BrNO2S. The number of halogens is 1. The second-order valence-electron chi connectivity index (χ2n) is 5.44. The Morgan fingerprint density at radius 3 is 2.53 bits per heavy atom. The lowest BCUT2D eigenvalue weighted by Crippen LogP contribution is -2.31. The fraction of sp³-hybridized carbons (Fsp3) is 0.571. The molecular weight excluding hydrogens is 326 g/mol. The van der Waals surface area contributed by atoms with Crippen LogP contribution in [0.5, 0.6) is 0 Å². The van der Waals surface area contributed by atoms with Crippen molar-refractivity contribution in [2.75, 3.05) is 0 Å². The van der Waals surface area contributed by atoms with E-state index in [4.69, 9.17) is 0 Å². The van der Waals surface area contributed by atoms with Gasteiger partial charge in [-0.05, 0) is 50.7 Å². The first-order valence-electron chi connectivity index (χ1n) is 6.64. The van der Waals surface area contributed by atoms with Crippen LogP contribution in [-0.2, 0) is 16.4 Å². The molecule has 1 saturated carbocycles. The number of rotatable bonds is 6. The Morgan fingerprint density at radius 1 is 1.32 bits per heavy atom. The highest BCUT2D eigenvalue weighted by atomic mass is 79.9. The molecule has 106 valence electrons. The average Bonchev–Trinajstić information content (AvgIpc) is 3.11. The number of sulfonamides is 1. The minimum atomic E-state index is -3.41. The van der Waals surface area contributed by atoms with Crippen molar-refractivity contribution in [3.05, 3.63) is 29.8 Å². The topological polar surface area (TPSA) is 46.2 Å². The molecule has 2 rings (SSSR count). The van der Waals surface area contributed by atoms with Crippen molar-refractivity contribution < 1.29 is 8.42 Å². The van der Waals surface area contributed by atoms with Gasteiger partial charge in [0, 0.05) is 10.9 Å². The van der Waals surface area contributed by atoms with Crippen LogP contribution in [0, 0.1) is 5.92 Å². The molecule has 0 saturated heterocycles. The van der Waals surface area contributed by atoms with Gasteiger partial charge < -0.3 is 0 Å². The van der Waals surface area contributed by atoms with E-state index in [2.05, 4.69) is 20.7 Å². The molecule has 0 aromatic heterocycles. The van der Waals surface area contributed by atoms with Gasteiger partial charge in [-0.15, -0.1) is 0 Å². The Balaban J connectivity index is 2.24. The third kappa shape index (κ3) is 4.04. The Kier molecular flexibility index (Phi) is 4.69. The van der Waals surface area contributed by atoms with E-state index in [1.54, 1.807) is 12.1 Å². The highest BCUT2D eigenvalue weighted by molar-refractivity contribution is 9.09. The van der Waals surface area contributed by atoms with Crippen LogP contribution in [0.4, 0.5) is 0 Å². The summed E-state index contributed by atoms with van der Waals surface area (Å²) in [5.41, 5.74) is 0.893. The van der Waals surface area contributed by atoms with Crippen LogP contribution in [0.25, 0.3) is 0 Å². The molecule has 19 heavy (non-hydrogen) atoms. The predicted molar refractivity (Wildman–Crippen MR) is 81.0 cm³/mol. The predicted octanol–water partition coefficient (Wildman–Crippen LogP) is 3.09. The van der Waals surface area contributed by atoms with Crippen LogP contribution >= 0.6 is 15.9 Å². The van der Waals surface area contributed by atoms with Crippen molar-refractivity contribution in [2.45, 2.75) is 48.9 Å². The van der Waals surface area contributed by atoms with Gasteiger partial charge in [-0.2, -0.15) is 0 Å². The number of benzene rings is 1. The van der Waals surface area contributed by atoms with Crippen molar-refractivity contribution in [3.8, 4) is 0 Å². The summed E-state index contributed by atoms with van der Waals surface area (Å²) in [6, 6.07) is 7.18. The SMILES string of the molecule is CC(C)NS(=O)(=O)c1ccccc1CC(Br)C1CC1. The maximum atomic E-state index is 12.3. The first kappa shape index (κ1) is 15.0. The Hall–Kier alpha value is -0.390. The zero-order chi connectivity index (χ0) is 14.0. The van der Waals surface area contributed by atoms with Gasteiger partial charge in [-0.25, -0.2) is 13.1 Å². The van der Waals surface area contributed by atoms with Crippen LogP contribution in [0.15, 0.2) is 29.2 Å². The lowest BCUT2D eigenvalue weighted by molar-refractivity contribution is 0.568. The van der Waals surface area contributed by atoms with Crippen molar-refractivity contribution in [1.29, 1.82) is 0 Å². The maximum absolute atomic E-state index is 12.3. The summed E-state index contributed by atoms with van der Waals surface area (Å²) < 4.78 is 27.3. The monoisotopic (exact) mass is 345 g/mol. The Labute approximate surface area is 124 Å². The summed E-state index contributed by atoms with van der Waals surface area (Å²) in [6.45, 7) is 3.66. The van der Waals surface area contributed by atoms with E-state index in [-0.39, 0.29) is 6.04 Å². The second kappa shape index (κ2) is 5.94. The molecule has 1 N–H and O–H groups in total. The molecule has 0 heterocycles. The van der Waals surface area contributed by atoms with Crippen molar-refractivity contribution in [2.24, 2.45) is 5.92 Å². The van der Waals surface area contributed by atoms with E-state index in [9.17, 15) is 8.42 Å². The smallest absolute Gasteiger partial charge is 0.209 e. The molecule has 0 amide bonds. The van der Waals surface area contributed by atoms with Crippen LogP contribution in [0.3, 0.4) is 0 Å². The summed E-state index contributed by atoms with van der Waals surface area (Å²) in [5.74, 6) is 0.703. The minimum absolute atomic E-state index is 0.0961. The fourth-order valence-corrected chi connectivity index (χ4v) is 4.52. The summed E-state index contributed by atoms with van der Waals surface area (Å²) in [5, 5.41) is 0. The van der Waals surface area contributed by atoms with Gasteiger partial charge in [-0.1, -0.05) is 34.1 Å². The van der Waals surface area contributed by atoms with E-state index in [0.29, 0.717) is 15.6 Å². The molecule has 0 bridgehead atoms. The molecule has 1 atom stereocenters. The number of alkyl halides is 1. The molecule has 1 aromatic carbocycles. The Morgan fingerprint density at radius 2 is 1.95 bits per heavy atom. The van der Waals surface area contributed by atoms with Gasteiger partial charge in [0.2, 0.25) is 10.0 Å². The van der Waals surface area contributed by atoms with Gasteiger partial charge >= 0.3 is 0 Å². The summed E-state index contributed by atoms with van der Waals surface area (Å²) in [6.07, 6.45) is 3.25. The van der Waals surface area contributed by atoms with Gasteiger partial charge in [0.05, 0.1) is 4.90 Å². The van der Waals surface area contributed by atoms with Crippen molar-refractivity contribution in [3.63, 3.8) is 0 Å². The number of nitrogens with one attached hydrogen (secondary N) is 1. The van der Waals surface area contributed by atoms with E-state index < -0.39 is 10.0 Å². The molecule has 1 aliphatic rings. The van der Waals surface area contributed by atoms with Crippen LogP contribution in [0.2, 0.25) is 0 Å². The molecule has 1 aliphatic carbocycles. The van der Waals surface area contributed by atoms with E-state index in [1.165, 1.54) is 12.8 Å². The van der Waals surface area contributed by atoms with E-state index >= 15 is 0 Å². The quantitative estimate of drug-likeness (QED) is 0.805. The number of hydrogen-bond donors (Lipinski definition) is 1. The lowest BCUT2D eigenvalue weighted by atomic mass is 10.1. The highest BCUT2D eigenvalue weighted by Gasteiger charge is 2.30. The molecule has 1 aromatic rings. The first-order valence-corrected chi connectivity index (χ1v) is 9.04. The fourth-order valence-electron chi connectivity index (χ4n) is 2.14. The molecule has 1 fully saturated rings. The van der Waals surface area contributed by atoms with Gasteiger partial charge in [0.1, 0.15) is 0 Å². The second-order valence-corrected chi connectivity index (χ2v) is 8.30. The normalized spacial score (nSPS) is 17.7. The van der Waals surface area contributed by atoms with Crippen LogP contribution in [0.1, 0.15) is 32.3 Å². The first-order chi connectivity index (χ1) is 8.90. The highest BCUT2D eigenvalue weighted by Crippen LogP contribution is 2.38. The molecule has 0 aliphatic heterocycles. The molecule has 1 unspecified atom stereocenters.